The molecule has 0 aliphatic heterocycles. The van der Waals surface area contributed by atoms with Crippen molar-refractivity contribution in [3.63, 3.8) is 0 Å². The smallest absolute Gasteiger partial charge is 0.282 e. The van der Waals surface area contributed by atoms with E-state index in [2.05, 4.69) is 17.6 Å². The first-order valence-corrected chi connectivity index (χ1v) is 2.28. The zero-order valence-corrected chi connectivity index (χ0v) is 5.26. The number of carbonyl (C=O) groups excluding carboxylic acids is 1. The number of hydroxylamine groups is 1. The summed E-state index contributed by atoms with van der Waals surface area (Å²) in [6, 6.07) is 0. The van der Waals surface area contributed by atoms with E-state index >= 15 is 0 Å². The van der Waals surface area contributed by atoms with Crippen molar-refractivity contribution in [2.45, 2.75) is 0 Å². The molecule has 1 N–H and O–H groups in total. The van der Waals surface area contributed by atoms with Gasteiger partial charge in [-0.2, -0.15) is 4.47 Å². The highest BCUT2D eigenvalue weighted by molar-refractivity contribution is 7.78. The molecule has 5 heteroatoms. The molecule has 0 saturated carbocycles. The summed E-state index contributed by atoms with van der Waals surface area (Å²) in [7, 11) is 1.36. The van der Waals surface area contributed by atoms with Crippen molar-refractivity contribution in [1.29, 1.82) is 0 Å². The average Bonchev–Trinajstić information content (AvgIpc) is 1.67. The van der Waals surface area contributed by atoms with Gasteiger partial charge in [-0.1, -0.05) is 0 Å². The Labute approximate surface area is 52.5 Å². The fraction of sp³-hybridized carbons (Fsp3) is 0.667. The van der Waals surface area contributed by atoms with E-state index in [1.54, 1.807) is 0 Å². The quantitative estimate of drug-likeness (QED) is 0.312. The van der Waals surface area contributed by atoms with Crippen LogP contribution in [0.1, 0.15) is 0 Å². The Morgan fingerprint density at radius 3 is 2.62 bits per heavy atom. The lowest BCUT2D eigenvalue weighted by Gasteiger charge is -2.03. The maximum absolute atomic E-state index is 10.2. The number of ether oxygens (including phenoxy) is 1. The first-order valence-electron chi connectivity index (χ1n) is 1.88. The average molecular weight is 137 g/mol. The zero-order valence-electron chi connectivity index (χ0n) is 4.37. The molecule has 48 valence electrons. The maximum Gasteiger partial charge on any atom is 0.282 e. The summed E-state index contributed by atoms with van der Waals surface area (Å²) in [5.41, 5.74) is 0. The van der Waals surface area contributed by atoms with Crippen LogP contribution < -0.4 is 0 Å². The Morgan fingerprint density at radius 1 is 2.00 bits per heavy atom. The number of rotatable bonds is 2. The largest absolute Gasteiger partial charge is 0.375 e. The van der Waals surface area contributed by atoms with Gasteiger partial charge in [-0.15, -0.1) is 0 Å². The maximum atomic E-state index is 10.2. The molecule has 0 aliphatic rings. The molecule has 8 heavy (non-hydrogen) atoms. The summed E-state index contributed by atoms with van der Waals surface area (Å²) in [6.07, 6.45) is 0. The van der Waals surface area contributed by atoms with E-state index in [9.17, 15) is 4.79 Å². The number of carbonyl (C=O) groups is 1. The van der Waals surface area contributed by atoms with Crippen molar-refractivity contribution in [3.05, 3.63) is 0 Å². The Kier molecular flexibility index (Phi) is 3.59. The van der Waals surface area contributed by atoms with Gasteiger partial charge in [0.15, 0.2) is 0 Å². The van der Waals surface area contributed by atoms with Gasteiger partial charge in [0.1, 0.15) is 6.61 Å². The molecule has 0 saturated heterocycles. The lowest BCUT2D eigenvalue weighted by molar-refractivity contribution is -0.148. The molecular formula is C3H7NO3S. The van der Waals surface area contributed by atoms with Crippen LogP contribution in [0.25, 0.3) is 0 Å². The normalized spacial score (nSPS) is 8.88. The Morgan fingerprint density at radius 2 is 2.50 bits per heavy atom. The number of thiol groups is 1. The monoisotopic (exact) mass is 137 g/mol. The van der Waals surface area contributed by atoms with Crippen LogP contribution in [0.15, 0.2) is 0 Å². The van der Waals surface area contributed by atoms with Crippen LogP contribution in [0.2, 0.25) is 0 Å². The molecule has 0 unspecified atom stereocenters. The van der Waals surface area contributed by atoms with Gasteiger partial charge in [0.25, 0.3) is 5.91 Å². The lowest BCUT2D eigenvalue weighted by atomic mass is 10.7. The third-order valence-corrected chi connectivity index (χ3v) is 0.714. The third kappa shape index (κ3) is 2.84. The van der Waals surface area contributed by atoms with Crippen LogP contribution in [0.5, 0.6) is 0 Å². The number of methoxy groups -OCH3 is 1. The molecule has 0 aromatic carbocycles. The Bertz CT molecular complexity index is 84.6. The van der Waals surface area contributed by atoms with E-state index < -0.39 is 5.91 Å². The zero-order chi connectivity index (χ0) is 6.57. The van der Waals surface area contributed by atoms with Gasteiger partial charge < -0.3 is 4.74 Å². The minimum absolute atomic E-state index is 0.153. The van der Waals surface area contributed by atoms with E-state index in [0.717, 1.165) is 0 Å². The highest BCUT2D eigenvalue weighted by atomic mass is 32.1. The molecule has 0 aromatic rings. The molecule has 0 bridgehead atoms. The van der Waals surface area contributed by atoms with Crippen molar-refractivity contribution in [2.75, 3.05) is 13.7 Å². The van der Waals surface area contributed by atoms with E-state index in [-0.39, 0.29) is 11.1 Å². The van der Waals surface area contributed by atoms with Gasteiger partial charge in [-0.3, -0.25) is 10.0 Å². The van der Waals surface area contributed by atoms with Gasteiger partial charge in [-0.25, -0.2) is 0 Å². The molecule has 0 spiro atoms. The predicted molar refractivity (Wildman–Crippen MR) is 29.5 cm³/mol. The molecule has 4 nitrogen and oxygen atoms in total. The van der Waals surface area contributed by atoms with Crippen molar-refractivity contribution >= 4 is 18.7 Å². The van der Waals surface area contributed by atoms with E-state index in [1.807, 2.05) is 0 Å². The van der Waals surface area contributed by atoms with Gasteiger partial charge in [0, 0.05) is 7.11 Å². The fourth-order valence-corrected chi connectivity index (χ4v) is 0.239. The molecule has 0 aromatic heterocycles. The molecule has 0 fully saturated rings. The van der Waals surface area contributed by atoms with E-state index in [4.69, 9.17) is 5.21 Å². The minimum Gasteiger partial charge on any atom is -0.375 e. The molecule has 0 radical (unpaired) electrons. The second-order valence-corrected chi connectivity index (χ2v) is 1.50. The topological polar surface area (TPSA) is 49.8 Å². The SMILES string of the molecule is COCC(=O)N(O)S. The highest BCUT2D eigenvalue weighted by Gasteiger charge is 2.03. The van der Waals surface area contributed by atoms with Crippen LogP contribution in [0, 0.1) is 0 Å². The van der Waals surface area contributed by atoms with E-state index in [1.165, 1.54) is 7.11 Å². The second-order valence-electron chi connectivity index (χ2n) is 1.12. The van der Waals surface area contributed by atoms with Crippen molar-refractivity contribution < 1.29 is 14.7 Å². The van der Waals surface area contributed by atoms with Gasteiger partial charge >= 0.3 is 0 Å². The van der Waals surface area contributed by atoms with Crippen molar-refractivity contribution in [3.8, 4) is 0 Å². The second kappa shape index (κ2) is 3.71. The van der Waals surface area contributed by atoms with E-state index in [0.29, 0.717) is 0 Å². The third-order valence-electron chi connectivity index (χ3n) is 0.491. The lowest BCUT2D eigenvalue weighted by Crippen LogP contribution is -2.21. The van der Waals surface area contributed by atoms with Crippen LogP contribution in [-0.4, -0.2) is 29.3 Å². The van der Waals surface area contributed by atoms with Crippen LogP contribution in [-0.2, 0) is 9.53 Å². The molecular weight excluding hydrogens is 130 g/mol. The van der Waals surface area contributed by atoms with Crippen molar-refractivity contribution in [2.24, 2.45) is 0 Å². The van der Waals surface area contributed by atoms with Crippen molar-refractivity contribution in [1.82, 2.24) is 4.47 Å². The number of hydrogen-bond acceptors (Lipinski definition) is 4. The molecule has 1 amide bonds. The number of hydrogen-bond donors (Lipinski definition) is 2. The van der Waals surface area contributed by atoms with Crippen LogP contribution in [0.3, 0.4) is 0 Å². The summed E-state index contributed by atoms with van der Waals surface area (Å²) in [5, 5.41) is 8.22. The van der Waals surface area contributed by atoms with Crippen LogP contribution >= 0.6 is 12.8 Å². The molecule has 0 aliphatic carbocycles. The first kappa shape index (κ1) is 7.74. The first-order chi connectivity index (χ1) is 3.68. The predicted octanol–water partition coefficient (Wildman–Crippen LogP) is -0.305. The number of amides is 1. The summed E-state index contributed by atoms with van der Waals surface area (Å²) < 4.78 is 4.55. The van der Waals surface area contributed by atoms with Gasteiger partial charge in [0.05, 0.1) is 0 Å². The number of nitrogens with zero attached hydrogens (tertiary/aromatic N) is 1. The fourth-order valence-electron chi connectivity index (χ4n) is 0.181. The minimum atomic E-state index is -0.587. The molecule has 0 heterocycles. The summed E-state index contributed by atoms with van der Waals surface area (Å²) in [5.74, 6) is -0.587. The Balaban J connectivity index is 3.33. The Hall–Kier alpha value is -0.260. The van der Waals surface area contributed by atoms with Crippen LogP contribution in [0.4, 0.5) is 0 Å². The van der Waals surface area contributed by atoms with Gasteiger partial charge in [0.2, 0.25) is 0 Å². The summed E-state index contributed by atoms with van der Waals surface area (Å²) in [4.78, 5) is 10.2. The molecule has 0 atom stereocenters. The summed E-state index contributed by atoms with van der Waals surface area (Å²) in [6.45, 7) is -0.153. The summed E-state index contributed by atoms with van der Waals surface area (Å²) >= 11 is 3.29. The molecule has 0 rings (SSSR count). The standard InChI is InChI=1S/C3H7NO3S/c1-7-2-3(5)4(6)8/h6,8H,2H2,1H3. The van der Waals surface area contributed by atoms with Gasteiger partial charge in [-0.05, 0) is 12.8 Å². The highest BCUT2D eigenvalue weighted by Crippen LogP contribution is 1.86.